The van der Waals surface area contributed by atoms with Crippen molar-refractivity contribution in [1.29, 1.82) is 0 Å². The number of nitrogens with zero attached hydrogens (tertiary/aromatic N) is 1. The molecule has 1 heterocycles. The fourth-order valence-electron chi connectivity index (χ4n) is 1.91. The third-order valence-electron chi connectivity index (χ3n) is 3.00. The first-order chi connectivity index (χ1) is 9.78. The first kappa shape index (κ1) is 14.2. The molecule has 0 saturated heterocycles. The van der Waals surface area contributed by atoms with Crippen LogP contribution in [0.1, 0.15) is 23.2 Å². The van der Waals surface area contributed by atoms with E-state index in [0.29, 0.717) is 19.4 Å². The molecule has 20 heavy (non-hydrogen) atoms. The van der Waals surface area contributed by atoms with Crippen LogP contribution in [0.3, 0.4) is 0 Å². The summed E-state index contributed by atoms with van der Waals surface area (Å²) in [7, 11) is 0. The second kappa shape index (κ2) is 7.40. The zero-order chi connectivity index (χ0) is 14.2. The lowest BCUT2D eigenvalue weighted by Gasteiger charge is -2.06. The SMILES string of the molecule is O=C(CCc1ccccn1)NCc1cccc(CO)c1. The van der Waals surface area contributed by atoms with Crippen LogP contribution in [0.25, 0.3) is 0 Å². The average molecular weight is 270 g/mol. The van der Waals surface area contributed by atoms with Crippen LogP contribution in [0.4, 0.5) is 0 Å². The Bertz CT molecular complexity index is 555. The van der Waals surface area contributed by atoms with Gasteiger partial charge in [-0.25, -0.2) is 0 Å². The Labute approximate surface area is 118 Å². The van der Waals surface area contributed by atoms with Crippen LogP contribution in [0, 0.1) is 0 Å². The molecule has 0 saturated carbocycles. The van der Waals surface area contributed by atoms with Gasteiger partial charge in [0.2, 0.25) is 5.91 Å². The predicted octanol–water partition coefficient (Wildman–Crippen LogP) is 1.82. The molecule has 2 N–H and O–H groups in total. The van der Waals surface area contributed by atoms with E-state index in [9.17, 15) is 4.79 Å². The summed E-state index contributed by atoms with van der Waals surface area (Å²) >= 11 is 0. The summed E-state index contributed by atoms with van der Waals surface area (Å²) in [6.07, 6.45) is 2.80. The molecule has 2 aromatic rings. The lowest BCUT2D eigenvalue weighted by molar-refractivity contribution is -0.121. The molecule has 0 fully saturated rings. The molecule has 4 heteroatoms. The summed E-state index contributed by atoms with van der Waals surface area (Å²) in [5.74, 6) is 0.00468. The highest BCUT2D eigenvalue weighted by molar-refractivity contribution is 5.76. The van der Waals surface area contributed by atoms with Crippen LogP contribution in [0.2, 0.25) is 0 Å². The molecule has 0 unspecified atom stereocenters. The molecule has 1 aromatic carbocycles. The average Bonchev–Trinajstić information content (AvgIpc) is 2.52. The van der Waals surface area contributed by atoms with Gasteiger partial charge in [0.05, 0.1) is 6.61 Å². The van der Waals surface area contributed by atoms with Gasteiger partial charge in [-0.1, -0.05) is 30.3 Å². The standard InChI is InChI=1S/C16H18N2O2/c19-12-14-5-3-4-13(10-14)11-18-16(20)8-7-15-6-1-2-9-17-15/h1-6,9-10,19H,7-8,11-12H2,(H,18,20). The van der Waals surface area contributed by atoms with Crippen LogP contribution >= 0.6 is 0 Å². The topological polar surface area (TPSA) is 62.2 Å². The maximum atomic E-state index is 11.8. The molecular weight excluding hydrogens is 252 g/mol. The van der Waals surface area contributed by atoms with Crippen molar-refractivity contribution < 1.29 is 9.90 Å². The molecule has 104 valence electrons. The third kappa shape index (κ3) is 4.48. The smallest absolute Gasteiger partial charge is 0.220 e. The van der Waals surface area contributed by atoms with E-state index < -0.39 is 0 Å². The van der Waals surface area contributed by atoms with E-state index in [1.54, 1.807) is 6.20 Å². The summed E-state index contributed by atoms with van der Waals surface area (Å²) in [6, 6.07) is 13.2. The number of aryl methyl sites for hydroxylation is 1. The fourth-order valence-corrected chi connectivity index (χ4v) is 1.91. The van der Waals surface area contributed by atoms with E-state index in [1.807, 2.05) is 42.5 Å². The van der Waals surface area contributed by atoms with Crippen molar-refractivity contribution >= 4 is 5.91 Å². The van der Waals surface area contributed by atoms with Crippen LogP contribution in [-0.2, 0) is 24.4 Å². The van der Waals surface area contributed by atoms with Crippen molar-refractivity contribution in [1.82, 2.24) is 10.3 Å². The first-order valence-corrected chi connectivity index (χ1v) is 6.63. The van der Waals surface area contributed by atoms with Gasteiger partial charge in [-0.2, -0.15) is 0 Å². The summed E-state index contributed by atoms with van der Waals surface area (Å²) in [6.45, 7) is 0.496. The Morgan fingerprint density at radius 1 is 1.15 bits per heavy atom. The van der Waals surface area contributed by atoms with E-state index >= 15 is 0 Å². The van der Waals surface area contributed by atoms with E-state index in [2.05, 4.69) is 10.3 Å². The number of pyridine rings is 1. The van der Waals surface area contributed by atoms with Gasteiger partial charge in [-0.05, 0) is 29.7 Å². The van der Waals surface area contributed by atoms with Crippen LogP contribution in [0.5, 0.6) is 0 Å². The van der Waals surface area contributed by atoms with Crippen molar-refractivity contribution in [3.05, 3.63) is 65.5 Å². The Morgan fingerprint density at radius 2 is 2.00 bits per heavy atom. The number of amides is 1. The maximum absolute atomic E-state index is 11.8. The molecule has 1 amide bonds. The van der Waals surface area contributed by atoms with Crippen LogP contribution in [0.15, 0.2) is 48.7 Å². The number of aromatic nitrogens is 1. The van der Waals surface area contributed by atoms with Crippen molar-refractivity contribution in [2.75, 3.05) is 0 Å². The number of benzene rings is 1. The molecule has 0 aliphatic heterocycles. The highest BCUT2D eigenvalue weighted by atomic mass is 16.3. The van der Waals surface area contributed by atoms with Gasteiger partial charge in [0, 0.05) is 24.9 Å². The first-order valence-electron chi connectivity index (χ1n) is 6.63. The van der Waals surface area contributed by atoms with Crippen molar-refractivity contribution in [2.24, 2.45) is 0 Å². The summed E-state index contributed by atoms with van der Waals surface area (Å²) in [5.41, 5.74) is 2.76. The van der Waals surface area contributed by atoms with Gasteiger partial charge < -0.3 is 10.4 Å². The number of hydrogen-bond acceptors (Lipinski definition) is 3. The van der Waals surface area contributed by atoms with Crippen LogP contribution in [-0.4, -0.2) is 16.0 Å². The molecule has 2 rings (SSSR count). The normalized spacial score (nSPS) is 10.2. The minimum Gasteiger partial charge on any atom is -0.392 e. The summed E-state index contributed by atoms with van der Waals surface area (Å²) in [5, 5.41) is 11.9. The van der Waals surface area contributed by atoms with E-state index in [-0.39, 0.29) is 12.5 Å². The van der Waals surface area contributed by atoms with Gasteiger partial charge >= 0.3 is 0 Å². The lowest BCUT2D eigenvalue weighted by atomic mass is 10.1. The molecule has 0 aliphatic rings. The predicted molar refractivity (Wildman–Crippen MR) is 76.8 cm³/mol. The summed E-state index contributed by atoms with van der Waals surface area (Å²) < 4.78 is 0. The van der Waals surface area contributed by atoms with Gasteiger partial charge in [0.15, 0.2) is 0 Å². The van der Waals surface area contributed by atoms with E-state index in [4.69, 9.17) is 5.11 Å². The second-order valence-corrected chi connectivity index (χ2v) is 4.58. The number of carbonyl (C=O) groups excluding carboxylic acids is 1. The van der Waals surface area contributed by atoms with Crippen molar-refractivity contribution in [2.45, 2.75) is 26.0 Å². The minimum atomic E-state index is 0.00468. The fraction of sp³-hybridized carbons (Fsp3) is 0.250. The molecule has 0 spiro atoms. The van der Waals surface area contributed by atoms with Gasteiger partial charge in [0.1, 0.15) is 0 Å². The zero-order valence-electron chi connectivity index (χ0n) is 11.2. The maximum Gasteiger partial charge on any atom is 0.220 e. The molecule has 4 nitrogen and oxygen atoms in total. The van der Waals surface area contributed by atoms with Crippen molar-refractivity contribution in [3.63, 3.8) is 0 Å². The quantitative estimate of drug-likeness (QED) is 0.841. The van der Waals surface area contributed by atoms with Crippen LogP contribution < -0.4 is 5.32 Å². The van der Waals surface area contributed by atoms with Gasteiger partial charge in [-0.3, -0.25) is 9.78 Å². The molecule has 0 radical (unpaired) electrons. The van der Waals surface area contributed by atoms with Gasteiger partial charge in [-0.15, -0.1) is 0 Å². The Morgan fingerprint density at radius 3 is 2.75 bits per heavy atom. The van der Waals surface area contributed by atoms with Gasteiger partial charge in [0.25, 0.3) is 0 Å². The monoisotopic (exact) mass is 270 g/mol. The third-order valence-corrected chi connectivity index (χ3v) is 3.00. The second-order valence-electron chi connectivity index (χ2n) is 4.58. The largest absolute Gasteiger partial charge is 0.392 e. The van der Waals surface area contributed by atoms with E-state index in [1.165, 1.54) is 0 Å². The Hall–Kier alpha value is -2.20. The highest BCUT2D eigenvalue weighted by Crippen LogP contribution is 2.05. The number of carbonyl (C=O) groups is 1. The van der Waals surface area contributed by atoms with Crippen molar-refractivity contribution in [3.8, 4) is 0 Å². The summed E-state index contributed by atoms with van der Waals surface area (Å²) in [4.78, 5) is 15.9. The number of rotatable bonds is 6. The number of aliphatic hydroxyl groups excluding tert-OH is 1. The molecule has 0 bridgehead atoms. The Kier molecular flexibility index (Phi) is 5.26. The number of nitrogens with one attached hydrogen (secondary N) is 1. The molecule has 1 aromatic heterocycles. The van der Waals surface area contributed by atoms with E-state index in [0.717, 1.165) is 16.8 Å². The molecule has 0 atom stereocenters. The number of aliphatic hydroxyl groups is 1. The highest BCUT2D eigenvalue weighted by Gasteiger charge is 2.03. The minimum absolute atomic E-state index is 0.00468. The Balaban J connectivity index is 1.77. The zero-order valence-corrected chi connectivity index (χ0v) is 11.2. The molecule has 0 aliphatic carbocycles. The lowest BCUT2D eigenvalue weighted by Crippen LogP contribution is -2.23. The molecular formula is C16H18N2O2. The number of hydrogen-bond donors (Lipinski definition) is 2.